The molecule has 3 aromatic rings. The number of carbonyl (C=O) groups is 2. The van der Waals surface area contributed by atoms with Crippen molar-refractivity contribution in [3.05, 3.63) is 90.0 Å². The third-order valence-electron chi connectivity index (χ3n) is 5.98. The van der Waals surface area contributed by atoms with Crippen LogP contribution in [0.1, 0.15) is 24.1 Å². The zero-order chi connectivity index (χ0) is 21.5. The summed E-state index contributed by atoms with van der Waals surface area (Å²) in [5.41, 5.74) is 2.92. The lowest BCUT2D eigenvalue weighted by Crippen LogP contribution is -2.37. The number of anilines is 2. The molecular weight excluding hydrogens is 392 g/mol. The number of carbonyl (C=O) groups excluding carboxylic acids is 2. The topological polar surface area (TPSA) is 70.1 Å². The summed E-state index contributed by atoms with van der Waals surface area (Å²) in [6.07, 6.45) is -0.0825. The Morgan fingerprint density at radius 1 is 0.839 bits per heavy atom. The zero-order valence-electron chi connectivity index (χ0n) is 17.0. The molecule has 0 aromatic heterocycles. The number of nitrogens with zero attached hydrogens (tertiary/aromatic N) is 2. The Balaban J connectivity index is 1.58. The van der Waals surface area contributed by atoms with Crippen LogP contribution < -0.4 is 9.96 Å². The van der Waals surface area contributed by atoms with Crippen LogP contribution in [0.2, 0.25) is 0 Å². The first kappa shape index (κ1) is 19.3. The van der Waals surface area contributed by atoms with Crippen molar-refractivity contribution < 1.29 is 19.5 Å². The van der Waals surface area contributed by atoms with E-state index in [-0.39, 0.29) is 11.7 Å². The first-order valence-corrected chi connectivity index (χ1v) is 10.4. The number of imide groups is 1. The predicted octanol–water partition coefficient (Wildman–Crippen LogP) is 4.01. The molecule has 1 N–H and O–H groups in total. The van der Waals surface area contributed by atoms with E-state index in [0.29, 0.717) is 16.9 Å². The fourth-order valence-electron chi connectivity index (χ4n) is 4.40. The van der Waals surface area contributed by atoms with Gasteiger partial charge in [-0.2, -0.15) is 0 Å². The van der Waals surface area contributed by atoms with Crippen molar-refractivity contribution >= 4 is 23.2 Å². The summed E-state index contributed by atoms with van der Waals surface area (Å²) in [4.78, 5) is 34.1. The molecular formula is C25H22N2O4. The maximum absolute atomic E-state index is 13.5. The number of amides is 2. The number of fused-ring (bicyclic) bond motifs is 1. The van der Waals surface area contributed by atoms with Crippen LogP contribution in [0, 0.1) is 5.92 Å². The lowest BCUT2D eigenvalue weighted by atomic mass is 9.90. The summed E-state index contributed by atoms with van der Waals surface area (Å²) < 4.78 is 0. The first-order valence-electron chi connectivity index (χ1n) is 10.4. The Morgan fingerprint density at radius 2 is 1.52 bits per heavy atom. The summed E-state index contributed by atoms with van der Waals surface area (Å²) in [7, 11) is 0. The van der Waals surface area contributed by atoms with Crippen LogP contribution in [0.15, 0.2) is 78.9 Å². The number of rotatable bonds is 4. The molecule has 0 unspecified atom stereocenters. The normalized spacial score (nSPS) is 22.8. The highest BCUT2D eigenvalue weighted by atomic mass is 16.7. The van der Waals surface area contributed by atoms with Crippen molar-refractivity contribution in [2.45, 2.75) is 25.5 Å². The van der Waals surface area contributed by atoms with Crippen molar-refractivity contribution in [2.75, 3.05) is 9.96 Å². The van der Waals surface area contributed by atoms with Gasteiger partial charge in [0.15, 0.2) is 6.10 Å². The lowest BCUT2D eigenvalue weighted by Gasteiger charge is -2.29. The summed E-state index contributed by atoms with van der Waals surface area (Å²) in [5.74, 6) is -1.43. The number of hydrogen-bond acceptors (Lipinski definition) is 5. The molecule has 0 bridgehead atoms. The minimum absolute atomic E-state index is 0.0590. The smallest absolute Gasteiger partial charge is 0.266 e. The number of phenols is 1. The Kier molecular flexibility index (Phi) is 4.71. The van der Waals surface area contributed by atoms with E-state index in [1.165, 1.54) is 4.90 Å². The molecule has 6 nitrogen and oxygen atoms in total. The van der Waals surface area contributed by atoms with Gasteiger partial charge in [0.05, 0.1) is 17.4 Å². The molecule has 0 spiro atoms. The van der Waals surface area contributed by atoms with Gasteiger partial charge < -0.3 is 5.11 Å². The van der Waals surface area contributed by atoms with Gasteiger partial charge in [0.25, 0.3) is 5.91 Å². The van der Waals surface area contributed by atoms with E-state index >= 15 is 0 Å². The van der Waals surface area contributed by atoms with E-state index < -0.39 is 24.0 Å². The van der Waals surface area contributed by atoms with Crippen molar-refractivity contribution in [3.63, 3.8) is 0 Å². The lowest BCUT2D eigenvalue weighted by molar-refractivity contribution is -0.126. The van der Waals surface area contributed by atoms with Crippen LogP contribution >= 0.6 is 0 Å². The first-order chi connectivity index (χ1) is 15.1. The van der Waals surface area contributed by atoms with Crippen LogP contribution in [0.5, 0.6) is 5.75 Å². The third kappa shape index (κ3) is 3.07. The maximum atomic E-state index is 13.5. The van der Waals surface area contributed by atoms with Gasteiger partial charge in [0.1, 0.15) is 11.7 Å². The number of aromatic hydroxyl groups is 1. The molecule has 5 rings (SSSR count). The van der Waals surface area contributed by atoms with Crippen molar-refractivity contribution in [1.29, 1.82) is 0 Å². The van der Waals surface area contributed by atoms with Crippen LogP contribution in [0.25, 0.3) is 0 Å². The average Bonchev–Trinajstić information content (AvgIpc) is 3.31. The van der Waals surface area contributed by atoms with Crippen LogP contribution in [0.4, 0.5) is 11.4 Å². The molecule has 2 saturated heterocycles. The van der Waals surface area contributed by atoms with Gasteiger partial charge in [-0.3, -0.25) is 14.4 Å². The van der Waals surface area contributed by atoms with Gasteiger partial charge in [-0.25, -0.2) is 9.96 Å². The van der Waals surface area contributed by atoms with Crippen LogP contribution in [-0.2, 0) is 20.8 Å². The number of aryl methyl sites for hydroxylation is 1. The second kappa shape index (κ2) is 7.56. The molecule has 156 valence electrons. The molecule has 0 aliphatic carbocycles. The molecule has 2 amide bonds. The minimum atomic E-state index is -0.955. The molecule has 0 saturated carbocycles. The standard InChI is InChI=1S/C25H22N2O4/c1-2-16-12-14-17(15-13-16)26-24(29)21-22(19-10-6-7-11-20(19)28)27(31-23(21)25(26)30)18-8-4-3-5-9-18/h3-15,21-23,28H,2H2,1H3/t21-,22+,23+/m1/s1. The van der Waals surface area contributed by atoms with Crippen molar-refractivity contribution in [1.82, 2.24) is 0 Å². The van der Waals surface area contributed by atoms with Gasteiger partial charge >= 0.3 is 0 Å². The van der Waals surface area contributed by atoms with Gasteiger partial charge in [-0.1, -0.05) is 55.5 Å². The second-order valence-corrected chi connectivity index (χ2v) is 7.75. The predicted molar refractivity (Wildman–Crippen MR) is 116 cm³/mol. The number of benzene rings is 3. The van der Waals surface area contributed by atoms with E-state index in [4.69, 9.17) is 4.84 Å². The fraction of sp³-hybridized carbons (Fsp3) is 0.200. The number of para-hydroxylation sites is 2. The quantitative estimate of drug-likeness (QED) is 0.654. The molecule has 2 aliphatic heterocycles. The number of phenolic OH excluding ortho intramolecular Hbond substituents is 1. The summed E-state index contributed by atoms with van der Waals surface area (Å²) in [5, 5.41) is 12.1. The molecule has 2 heterocycles. The molecule has 2 aliphatic rings. The molecule has 2 fully saturated rings. The van der Waals surface area contributed by atoms with Gasteiger partial charge in [0, 0.05) is 5.56 Å². The molecule has 0 radical (unpaired) electrons. The van der Waals surface area contributed by atoms with Crippen LogP contribution in [0.3, 0.4) is 0 Å². The molecule has 31 heavy (non-hydrogen) atoms. The highest BCUT2D eigenvalue weighted by Gasteiger charge is 2.60. The maximum Gasteiger partial charge on any atom is 0.266 e. The van der Waals surface area contributed by atoms with Crippen molar-refractivity contribution in [3.8, 4) is 5.75 Å². The van der Waals surface area contributed by atoms with E-state index in [0.717, 1.165) is 12.0 Å². The van der Waals surface area contributed by atoms with E-state index in [9.17, 15) is 14.7 Å². The van der Waals surface area contributed by atoms with Gasteiger partial charge in [-0.05, 0) is 42.3 Å². The van der Waals surface area contributed by atoms with Gasteiger partial charge in [0.2, 0.25) is 5.91 Å². The van der Waals surface area contributed by atoms with Gasteiger partial charge in [-0.15, -0.1) is 0 Å². The fourth-order valence-corrected chi connectivity index (χ4v) is 4.40. The van der Waals surface area contributed by atoms with Crippen LogP contribution in [-0.4, -0.2) is 23.0 Å². The number of hydrogen-bond donors (Lipinski definition) is 1. The third-order valence-corrected chi connectivity index (χ3v) is 5.98. The summed E-state index contributed by atoms with van der Waals surface area (Å²) >= 11 is 0. The average molecular weight is 414 g/mol. The molecule has 6 heteroatoms. The van der Waals surface area contributed by atoms with E-state index in [1.54, 1.807) is 41.5 Å². The Hall–Kier alpha value is -3.64. The zero-order valence-corrected chi connectivity index (χ0v) is 17.0. The Labute approximate surface area is 180 Å². The van der Waals surface area contributed by atoms with Crippen molar-refractivity contribution in [2.24, 2.45) is 5.92 Å². The summed E-state index contributed by atoms with van der Waals surface area (Å²) in [6, 6.07) is 23.0. The Morgan fingerprint density at radius 3 is 2.19 bits per heavy atom. The largest absolute Gasteiger partial charge is 0.508 e. The molecule has 3 atom stereocenters. The molecule has 3 aromatic carbocycles. The number of hydroxylamine groups is 1. The van der Waals surface area contributed by atoms with E-state index in [1.807, 2.05) is 42.5 Å². The SMILES string of the molecule is CCc1ccc(N2C(=O)[C@H]3[C@H](ON(c4ccccc4)[C@H]3c3ccccc3O)C2=O)cc1. The highest BCUT2D eigenvalue weighted by molar-refractivity contribution is 6.23. The van der Waals surface area contributed by atoms with E-state index in [2.05, 4.69) is 6.92 Å². The minimum Gasteiger partial charge on any atom is -0.508 e. The second-order valence-electron chi connectivity index (χ2n) is 7.75. The summed E-state index contributed by atoms with van der Waals surface area (Å²) in [6.45, 7) is 2.05. The highest BCUT2D eigenvalue weighted by Crippen LogP contribution is 2.49. The Bertz CT molecular complexity index is 1130. The monoisotopic (exact) mass is 414 g/mol.